The molecule has 6 N–H and O–H groups in total. The predicted octanol–water partition coefficient (Wildman–Crippen LogP) is 3.53. The van der Waals surface area contributed by atoms with Crippen LogP contribution in [-0.4, -0.2) is 32.2 Å². The van der Waals surface area contributed by atoms with Crippen molar-refractivity contribution < 1.29 is 0 Å². The minimum absolute atomic E-state index is 0.0978. The van der Waals surface area contributed by atoms with Crippen LogP contribution in [0.1, 0.15) is 31.2 Å². The molecule has 0 amide bonds. The molecule has 0 radical (unpaired) electrons. The van der Waals surface area contributed by atoms with Gasteiger partial charge in [-0.3, -0.25) is 4.79 Å². The van der Waals surface area contributed by atoms with Crippen LogP contribution in [0.15, 0.2) is 41.5 Å². The second-order valence-corrected chi connectivity index (χ2v) is 8.04. The molecule has 1 aliphatic carbocycles. The van der Waals surface area contributed by atoms with Crippen LogP contribution in [0.25, 0.3) is 21.7 Å². The van der Waals surface area contributed by atoms with E-state index in [1.165, 1.54) is 0 Å². The summed E-state index contributed by atoms with van der Waals surface area (Å²) in [6.07, 6.45) is 7.95. The van der Waals surface area contributed by atoms with Gasteiger partial charge in [0.05, 0.1) is 22.8 Å². The average Bonchev–Trinajstić information content (AvgIpc) is 3.12. The molecular formula is C22H25N7O. The van der Waals surface area contributed by atoms with Crippen LogP contribution in [0.4, 0.5) is 17.3 Å². The molecule has 1 aliphatic rings. The van der Waals surface area contributed by atoms with Gasteiger partial charge in [-0.1, -0.05) is 25.0 Å². The summed E-state index contributed by atoms with van der Waals surface area (Å²) >= 11 is 0. The number of pyridine rings is 1. The van der Waals surface area contributed by atoms with E-state index in [4.69, 9.17) is 10.7 Å². The van der Waals surface area contributed by atoms with Crippen LogP contribution in [0.5, 0.6) is 0 Å². The van der Waals surface area contributed by atoms with Gasteiger partial charge in [-0.25, -0.2) is 10.1 Å². The number of H-pyrrole nitrogens is 2. The molecule has 0 spiro atoms. The maximum Gasteiger partial charge on any atom is 0.275 e. The highest BCUT2D eigenvalue weighted by atomic mass is 16.1. The number of aryl methyl sites for hydroxylation is 1. The fourth-order valence-electron chi connectivity index (χ4n) is 4.34. The fourth-order valence-corrected chi connectivity index (χ4v) is 4.34. The number of aromatic nitrogens is 4. The third-order valence-electron chi connectivity index (χ3n) is 5.97. The summed E-state index contributed by atoms with van der Waals surface area (Å²) in [5.41, 5.74) is 9.03. The van der Waals surface area contributed by atoms with Crippen LogP contribution in [0.2, 0.25) is 0 Å². The SMILES string of the molecule is Cc1c[nH]c2c(Nc3nc(NC4CCCC[C@@H]4N)cc4cn[nH]c(=O)c34)cccc12. The first-order chi connectivity index (χ1) is 14.6. The van der Waals surface area contributed by atoms with Gasteiger partial charge in [-0.15, -0.1) is 0 Å². The molecule has 4 aromatic rings. The maximum atomic E-state index is 12.6. The molecule has 2 atom stereocenters. The molecule has 1 aromatic carbocycles. The van der Waals surface area contributed by atoms with Crippen molar-refractivity contribution in [3.05, 3.63) is 52.6 Å². The Labute approximate surface area is 173 Å². The summed E-state index contributed by atoms with van der Waals surface area (Å²) in [6, 6.07) is 8.16. The highest BCUT2D eigenvalue weighted by molar-refractivity contribution is 5.99. The predicted molar refractivity (Wildman–Crippen MR) is 120 cm³/mol. The van der Waals surface area contributed by atoms with Crippen LogP contribution in [0, 0.1) is 6.92 Å². The van der Waals surface area contributed by atoms with Crippen molar-refractivity contribution in [2.45, 2.75) is 44.7 Å². The molecule has 1 fully saturated rings. The van der Waals surface area contributed by atoms with Crippen molar-refractivity contribution in [3.63, 3.8) is 0 Å². The van der Waals surface area contributed by atoms with E-state index in [2.05, 4.69) is 38.8 Å². The van der Waals surface area contributed by atoms with Gasteiger partial charge in [0.2, 0.25) is 0 Å². The highest BCUT2D eigenvalue weighted by Crippen LogP contribution is 2.30. The summed E-state index contributed by atoms with van der Waals surface area (Å²) in [7, 11) is 0. The molecule has 8 nitrogen and oxygen atoms in total. The van der Waals surface area contributed by atoms with Crippen molar-refractivity contribution in [1.29, 1.82) is 0 Å². The van der Waals surface area contributed by atoms with Crippen molar-refractivity contribution in [1.82, 2.24) is 20.2 Å². The second kappa shape index (κ2) is 7.46. The number of rotatable bonds is 4. The molecule has 1 saturated carbocycles. The summed E-state index contributed by atoms with van der Waals surface area (Å²) in [5, 5.41) is 15.7. The second-order valence-electron chi connectivity index (χ2n) is 8.04. The standard InChI is InChI=1S/C22H25N7O/c1-12-10-24-20-14(12)5-4-8-17(20)27-21-19-13(11-25-29-22(19)30)9-18(28-21)26-16-7-3-2-6-15(16)23/h4-5,8-11,15-16,24H,2-3,6-7,23H2,1H3,(H,29,30)(H2,26,27,28)/t15-,16?/m0/s1. The molecule has 30 heavy (non-hydrogen) atoms. The van der Waals surface area contributed by atoms with Gasteiger partial charge in [0, 0.05) is 29.1 Å². The number of hydrogen-bond donors (Lipinski definition) is 5. The van der Waals surface area contributed by atoms with Crippen molar-refractivity contribution in [2.24, 2.45) is 5.73 Å². The van der Waals surface area contributed by atoms with Crippen molar-refractivity contribution in [2.75, 3.05) is 10.6 Å². The number of nitrogens with zero attached hydrogens (tertiary/aromatic N) is 2. The Hall–Kier alpha value is -3.39. The largest absolute Gasteiger partial charge is 0.366 e. The number of nitrogens with two attached hydrogens (primary N) is 1. The van der Waals surface area contributed by atoms with Gasteiger partial charge in [-0.05, 0) is 37.5 Å². The van der Waals surface area contributed by atoms with E-state index in [0.717, 1.165) is 53.2 Å². The van der Waals surface area contributed by atoms with Crippen LogP contribution in [0.3, 0.4) is 0 Å². The summed E-state index contributed by atoms with van der Waals surface area (Å²) < 4.78 is 0. The lowest BCUT2D eigenvalue weighted by molar-refractivity contribution is 0.403. The summed E-state index contributed by atoms with van der Waals surface area (Å²) in [6.45, 7) is 2.06. The third kappa shape index (κ3) is 3.29. The van der Waals surface area contributed by atoms with Gasteiger partial charge >= 0.3 is 0 Å². The van der Waals surface area contributed by atoms with E-state index in [1.807, 2.05) is 24.4 Å². The van der Waals surface area contributed by atoms with E-state index in [-0.39, 0.29) is 17.6 Å². The summed E-state index contributed by atoms with van der Waals surface area (Å²) in [4.78, 5) is 20.6. The lowest BCUT2D eigenvalue weighted by Gasteiger charge is -2.30. The molecule has 0 saturated heterocycles. The minimum Gasteiger partial charge on any atom is -0.366 e. The number of para-hydroxylation sites is 1. The molecular weight excluding hydrogens is 378 g/mol. The first-order valence-electron chi connectivity index (χ1n) is 10.3. The topological polar surface area (TPSA) is 125 Å². The van der Waals surface area contributed by atoms with Crippen molar-refractivity contribution in [3.8, 4) is 0 Å². The number of hydrogen-bond acceptors (Lipinski definition) is 6. The molecule has 3 heterocycles. The first-order valence-corrected chi connectivity index (χ1v) is 10.3. The zero-order chi connectivity index (χ0) is 20.7. The van der Waals surface area contributed by atoms with Crippen LogP contribution >= 0.6 is 0 Å². The summed E-state index contributed by atoms with van der Waals surface area (Å²) in [5.74, 6) is 1.18. The molecule has 8 heteroatoms. The lowest BCUT2D eigenvalue weighted by atomic mass is 9.91. The Morgan fingerprint density at radius 1 is 1.23 bits per heavy atom. The Morgan fingerprint density at radius 2 is 2.10 bits per heavy atom. The Morgan fingerprint density at radius 3 is 2.97 bits per heavy atom. The van der Waals surface area contributed by atoms with Crippen LogP contribution in [-0.2, 0) is 0 Å². The van der Waals surface area contributed by atoms with E-state index in [1.54, 1.807) is 6.20 Å². The minimum atomic E-state index is -0.279. The molecule has 0 aliphatic heterocycles. The third-order valence-corrected chi connectivity index (χ3v) is 5.97. The normalized spacial score (nSPS) is 19.3. The smallest absolute Gasteiger partial charge is 0.275 e. The van der Waals surface area contributed by atoms with Crippen molar-refractivity contribution >= 4 is 39.0 Å². The molecule has 154 valence electrons. The van der Waals surface area contributed by atoms with E-state index < -0.39 is 0 Å². The number of fused-ring (bicyclic) bond motifs is 2. The quantitative estimate of drug-likeness (QED) is 0.355. The monoisotopic (exact) mass is 403 g/mol. The average molecular weight is 403 g/mol. The zero-order valence-electron chi connectivity index (χ0n) is 16.8. The van der Waals surface area contributed by atoms with E-state index >= 15 is 0 Å². The van der Waals surface area contributed by atoms with Crippen LogP contribution < -0.4 is 21.9 Å². The van der Waals surface area contributed by atoms with Gasteiger partial charge in [-0.2, -0.15) is 5.10 Å². The van der Waals surface area contributed by atoms with Gasteiger partial charge in [0.25, 0.3) is 5.56 Å². The van der Waals surface area contributed by atoms with E-state index in [0.29, 0.717) is 17.0 Å². The number of anilines is 3. The Kier molecular flexibility index (Phi) is 4.63. The number of aromatic amines is 2. The molecule has 1 unspecified atom stereocenters. The Bertz CT molecular complexity index is 1280. The number of benzene rings is 1. The molecule has 5 rings (SSSR count). The zero-order valence-corrected chi connectivity index (χ0v) is 16.8. The Balaban J connectivity index is 1.59. The molecule has 3 aromatic heterocycles. The highest BCUT2D eigenvalue weighted by Gasteiger charge is 2.22. The first kappa shape index (κ1) is 18.6. The fraction of sp³-hybridized carbons (Fsp3) is 0.318. The lowest BCUT2D eigenvalue weighted by Crippen LogP contribution is -2.42. The van der Waals surface area contributed by atoms with E-state index in [9.17, 15) is 4.79 Å². The number of nitrogens with one attached hydrogen (secondary N) is 4. The molecule has 0 bridgehead atoms. The van der Waals surface area contributed by atoms with Gasteiger partial charge in [0.15, 0.2) is 0 Å². The maximum absolute atomic E-state index is 12.6. The van der Waals surface area contributed by atoms with Gasteiger partial charge < -0.3 is 21.4 Å². The van der Waals surface area contributed by atoms with Gasteiger partial charge in [0.1, 0.15) is 11.6 Å².